The maximum atomic E-state index is 12.4. The molecule has 1 aromatic carbocycles. The molecule has 7 heteroatoms. The molecule has 25 heavy (non-hydrogen) atoms. The van der Waals surface area contributed by atoms with Crippen LogP contribution in [-0.4, -0.2) is 35.1 Å². The molecule has 1 aliphatic carbocycles. The molecule has 1 aromatic heterocycles. The number of rotatable bonds is 6. The van der Waals surface area contributed by atoms with E-state index in [-0.39, 0.29) is 17.7 Å². The molecule has 0 saturated heterocycles. The summed E-state index contributed by atoms with van der Waals surface area (Å²) in [5.74, 6) is 0.00631. The molecule has 6 nitrogen and oxygen atoms in total. The summed E-state index contributed by atoms with van der Waals surface area (Å²) in [4.78, 5) is 24.3. The second-order valence-corrected chi connectivity index (χ2v) is 6.63. The van der Waals surface area contributed by atoms with E-state index >= 15 is 0 Å². The van der Waals surface area contributed by atoms with Gasteiger partial charge in [-0.3, -0.25) is 14.7 Å². The van der Waals surface area contributed by atoms with Gasteiger partial charge in [0.05, 0.1) is 17.5 Å². The largest absolute Gasteiger partial charge is 0.354 e. The highest BCUT2D eigenvalue weighted by molar-refractivity contribution is 6.30. The van der Waals surface area contributed by atoms with Gasteiger partial charge in [0.25, 0.3) is 5.91 Å². The van der Waals surface area contributed by atoms with Gasteiger partial charge in [-0.25, -0.2) is 0 Å². The van der Waals surface area contributed by atoms with Crippen molar-refractivity contribution >= 4 is 23.4 Å². The van der Waals surface area contributed by atoms with E-state index in [0.717, 1.165) is 31.2 Å². The number of halogens is 1. The number of aromatic amines is 1. The van der Waals surface area contributed by atoms with Crippen LogP contribution in [0.15, 0.2) is 30.5 Å². The summed E-state index contributed by atoms with van der Waals surface area (Å²) in [6.07, 6.45) is 5.69. The Bertz CT molecular complexity index is 736. The van der Waals surface area contributed by atoms with Crippen LogP contribution in [0.25, 0.3) is 11.3 Å². The minimum absolute atomic E-state index is 0.0944. The van der Waals surface area contributed by atoms with Crippen molar-refractivity contribution in [1.82, 2.24) is 20.8 Å². The summed E-state index contributed by atoms with van der Waals surface area (Å²) >= 11 is 5.89. The fraction of sp³-hybridized carbons (Fsp3) is 0.389. The molecule has 0 atom stereocenters. The second kappa shape index (κ2) is 8.16. The van der Waals surface area contributed by atoms with Crippen molar-refractivity contribution in [2.75, 3.05) is 13.1 Å². The Morgan fingerprint density at radius 2 is 1.80 bits per heavy atom. The van der Waals surface area contributed by atoms with Crippen LogP contribution in [0, 0.1) is 5.92 Å². The Morgan fingerprint density at radius 1 is 1.12 bits per heavy atom. The quantitative estimate of drug-likeness (QED) is 0.692. The first-order valence-electron chi connectivity index (χ1n) is 8.50. The molecule has 1 heterocycles. The topological polar surface area (TPSA) is 86.9 Å². The third-order valence-electron chi connectivity index (χ3n) is 4.45. The molecule has 2 aromatic rings. The van der Waals surface area contributed by atoms with Gasteiger partial charge in [0, 0.05) is 29.6 Å². The second-order valence-electron chi connectivity index (χ2n) is 6.19. The number of H-pyrrole nitrogens is 1. The third-order valence-corrected chi connectivity index (χ3v) is 4.70. The van der Waals surface area contributed by atoms with Gasteiger partial charge in [-0.2, -0.15) is 5.10 Å². The van der Waals surface area contributed by atoms with Crippen molar-refractivity contribution in [3.63, 3.8) is 0 Å². The van der Waals surface area contributed by atoms with Crippen molar-refractivity contribution < 1.29 is 9.59 Å². The van der Waals surface area contributed by atoms with Crippen LogP contribution in [0.5, 0.6) is 0 Å². The number of nitrogens with zero attached hydrogens (tertiary/aromatic N) is 1. The van der Waals surface area contributed by atoms with E-state index in [4.69, 9.17) is 11.6 Å². The fourth-order valence-corrected chi connectivity index (χ4v) is 3.21. The van der Waals surface area contributed by atoms with Crippen LogP contribution in [0.3, 0.4) is 0 Å². The Morgan fingerprint density at radius 3 is 2.52 bits per heavy atom. The molecular formula is C18H21ClN4O2. The van der Waals surface area contributed by atoms with E-state index < -0.39 is 0 Å². The maximum absolute atomic E-state index is 12.4. The Hall–Kier alpha value is -2.34. The number of hydrogen-bond donors (Lipinski definition) is 3. The summed E-state index contributed by atoms with van der Waals surface area (Å²) in [6.45, 7) is 0.803. The zero-order valence-electron chi connectivity index (χ0n) is 13.8. The van der Waals surface area contributed by atoms with Gasteiger partial charge < -0.3 is 10.6 Å². The number of amides is 2. The maximum Gasteiger partial charge on any atom is 0.255 e. The lowest BCUT2D eigenvalue weighted by atomic mass is 10.1. The van der Waals surface area contributed by atoms with Crippen LogP contribution >= 0.6 is 11.6 Å². The van der Waals surface area contributed by atoms with Crippen LogP contribution in [-0.2, 0) is 4.79 Å². The van der Waals surface area contributed by atoms with Crippen LogP contribution < -0.4 is 10.6 Å². The molecule has 0 radical (unpaired) electrons. The summed E-state index contributed by atoms with van der Waals surface area (Å²) in [5, 5.41) is 13.1. The highest BCUT2D eigenvalue weighted by Gasteiger charge is 2.22. The first kappa shape index (κ1) is 17.5. The van der Waals surface area contributed by atoms with E-state index in [9.17, 15) is 9.59 Å². The number of carbonyl (C=O) groups excluding carboxylic acids is 2. The molecule has 1 aliphatic rings. The Labute approximate surface area is 151 Å². The molecule has 0 bridgehead atoms. The number of aromatic nitrogens is 2. The Balaban J connectivity index is 1.51. The molecule has 3 rings (SSSR count). The van der Waals surface area contributed by atoms with Gasteiger partial charge in [-0.05, 0) is 25.0 Å². The zero-order chi connectivity index (χ0) is 17.6. The van der Waals surface area contributed by atoms with Gasteiger partial charge in [-0.15, -0.1) is 0 Å². The lowest BCUT2D eigenvalue weighted by Gasteiger charge is -2.11. The highest BCUT2D eigenvalue weighted by Crippen LogP contribution is 2.24. The molecule has 132 valence electrons. The van der Waals surface area contributed by atoms with Crippen LogP contribution in [0.1, 0.15) is 36.0 Å². The van der Waals surface area contributed by atoms with Crippen molar-refractivity contribution in [2.45, 2.75) is 25.7 Å². The molecule has 0 aliphatic heterocycles. The number of hydrogen-bond acceptors (Lipinski definition) is 3. The highest BCUT2D eigenvalue weighted by atomic mass is 35.5. The lowest BCUT2D eigenvalue weighted by molar-refractivity contribution is -0.124. The molecule has 1 saturated carbocycles. The van der Waals surface area contributed by atoms with Crippen molar-refractivity contribution in [2.24, 2.45) is 5.92 Å². The number of nitrogens with one attached hydrogen (secondary N) is 3. The van der Waals surface area contributed by atoms with Crippen molar-refractivity contribution in [1.29, 1.82) is 0 Å². The monoisotopic (exact) mass is 360 g/mol. The molecule has 0 unspecified atom stereocenters. The molecular weight excluding hydrogens is 340 g/mol. The summed E-state index contributed by atoms with van der Waals surface area (Å²) in [7, 11) is 0. The third kappa shape index (κ3) is 4.39. The van der Waals surface area contributed by atoms with E-state index in [1.165, 1.54) is 6.20 Å². The van der Waals surface area contributed by atoms with Gasteiger partial charge in [-0.1, -0.05) is 36.6 Å². The van der Waals surface area contributed by atoms with E-state index in [2.05, 4.69) is 20.8 Å². The lowest BCUT2D eigenvalue weighted by Crippen LogP contribution is -2.37. The smallest absolute Gasteiger partial charge is 0.255 e. The molecule has 3 N–H and O–H groups in total. The Kier molecular flexibility index (Phi) is 5.71. The SMILES string of the molecule is O=C(NCCNC(=O)C1CCCC1)c1cn[nH]c1-c1ccc(Cl)cc1. The summed E-state index contributed by atoms with van der Waals surface area (Å²) in [6, 6.07) is 7.18. The molecule has 2 amide bonds. The van der Waals surface area contributed by atoms with Crippen molar-refractivity contribution in [3.05, 3.63) is 41.0 Å². The van der Waals surface area contributed by atoms with E-state index in [1.807, 2.05) is 12.1 Å². The average Bonchev–Trinajstić information content (AvgIpc) is 3.30. The van der Waals surface area contributed by atoms with Crippen LogP contribution in [0.4, 0.5) is 0 Å². The van der Waals surface area contributed by atoms with Gasteiger partial charge in [0.2, 0.25) is 5.91 Å². The molecule has 1 fully saturated rings. The fourth-order valence-electron chi connectivity index (χ4n) is 3.08. The van der Waals surface area contributed by atoms with E-state index in [0.29, 0.717) is 29.4 Å². The van der Waals surface area contributed by atoms with E-state index in [1.54, 1.807) is 12.1 Å². The normalized spacial score (nSPS) is 14.4. The predicted molar refractivity (Wildman–Crippen MR) is 96.3 cm³/mol. The summed E-state index contributed by atoms with van der Waals surface area (Å²) < 4.78 is 0. The van der Waals surface area contributed by atoms with Gasteiger partial charge in [0.15, 0.2) is 0 Å². The zero-order valence-corrected chi connectivity index (χ0v) is 14.6. The standard InChI is InChI=1S/C18H21ClN4O2/c19-14-7-5-12(6-8-14)16-15(11-22-23-16)18(25)21-10-9-20-17(24)13-3-1-2-4-13/h5-8,11,13H,1-4,9-10H2,(H,20,24)(H,21,25)(H,22,23). The van der Waals surface area contributed by atoms with Gasteiger partial charge in [0.1, 0.15) is 0 Å². The average molecular weight is 361 g/mol. The minimum Gasteiger partial charge on any atom is -0.354 e. The van der Waals surface area contributed by atoms with Gasteiger partial charge >= 0.3 is 0 Å². The minimum atomic E-state index is -0.228. The first-order valence-corrected chi connectivity index (χ1v) is 8.88. The van der Waals surface area contributed by atoms with Crippen LogP contribution in [0.2, 0.25) is 5.02 Å². The number of benzene rings is 1. The first-order chi connectivity index (χ1) is 12.1. The molecule has 0 spiro atoms. The number of carbonyl (C=O) groups is 2. The summed E-state index contributed by atoms with van der Waals surface area (Å²) in [5.41, 5.74) is 1.94. The predicted octanol–water partition coefficient (Wildman–Crippen LogP) is 2.77. The van der Waals surface area contributed by atoms with Crippen molar-refractivity contribution in [3.8, 4) is 11.3 Å².